The van der Waals surface area contributed by atoms with Crippen molar-refractivity contribution < 1.29 is 18.7 Å². The maximum absolute atomic E-state index is 13.3. The quantitative estimate of drug-likeness (QED) is 0.427. The second-order valence-corrected chi connectivity index (χ2v) is 8.76. The van der Waals surface area contributed by atoms with Gasteiger partial charge in [0.05, 0.1) is 0 Å². The van der Waals surface area contributed by atoms with E-state index in [-0.39, 0.29) is 17.4 Å². The Morgan fingerprint density at radius 1 is 1.20 bits per heavy atom. The summed E-state index contributed by atoms with van der Waals surface area (Å²) < 4.78 is 19.2. The highest BCUT2D eigenvalue weighted by molar-refractivity contribution is 5.92. The predicted molar refractivity (Wildman–Crippen MR) is 127 cm³/mol. The first-order valence-corrected chi connectivity index (χ1v) is 11.4. The number of nitrogens with one attached hydrogen (secondary N) is 2. The van der Waals surface area contributed by atoms with Crippen molar-refractivity contribution >= 4 is 17.6 Å². The second kappa shape index (κ2) is 9.30. The van der Waals surface area contributed by atoms with E-state index in [1.165, 1.54) is 18.2 Å². The van der Waals surface area contributed by atoms with E-state index < -0.39 is 11.9 Å². The molecule has 3 atom stereocenters. The van der Waals surface area contributed by atoms with Crippen molar-refractivity contribution in [1.82, 2.24) is 20.2 Å². The van der Waals surface area contributed by atoms with Gasteiger partial charge in [-0.1, -0.05) is 0 Å². The average Bonchev–Trinajstić information content (AvgIpc) is 3.38. The van der Waals surface area contributed by atoms with E-state index in [1.54, 1.807) is 18.2 Å². The molecule has 3 heterocycles. The molecule has 180 valence electrons. The van der Waals surface area contributed by atoms with E-state index in [2.05, 4.69) is 32.4 Å². The molecule has 35 heavy (non-hydrogen) atoms. The maximum Gasteiger partial charge on any atom is 0.267 e. The minimum absolute atomic E-state index is 0.0496. The SMILES string of the molecule is CC1CN1Cc1cc(Oc2ccc(F)cc2)ccc1-c1nc(N[C@H]2CCNC2=O)cc(C(N)=O)n1. The molecule has 2 aromatic carbocycles. The fourth-order valence-electron chi connectivity index (χ4n) is 4.03. The lowest BCUT2D eigenvalue weighted by Crippen LogP contribution is -2.30. The van der Waals surface area contributed by atoms with Gasteiger partial charge in [0.15, 0.2) is 5.82 Å². The molecule has 2 aliphatic heterocycles. The third kappa shape index (κ3) is 5.22. The van der Waals surface area contributed by atoms with Crippen LogP contribution in [0, 0.1) is 5.82 Å². The Balaban J connectivity index is 1.50. The monoisotopic (exact) mass is 476 g/mol. The van der Waals surface area contributed by atoms with Gasteiger partial charge in [-0.05, 0) is 61.4 Å². The van der Waals surface area contributed by atoms with Crippen LogP contribution in [0.15, 0.2) is 48.5 Å². The summed E-state index contributed by atoms with van der Waals surface area (Å²) in [4.78, 5) is 35.3. The van der Waals surface area contributed by atoms with Crippen molar-refractivity contribution in [3.05, 3.63) is 65.6 Å². The zero-order valence-electron chi connectivity index (χ0n) is 19.1. The summed E-state index contributed by atoms with van der Waals surface area (Å²) >= 11 is 0. The Kier molecular flexibility index (Phi) is 6.04. The molecule has 0 radical (unpaired) electrons. The lowest BCUT2D eigenvalue weighted by Gasteiger charge is -2.15. The van der Waals surface area contributed by atoms with Crippen molar-refractivity contribution in [2.24, 2.45) is 5.73 Å². The number of aromatic nitrogens is 2. The first kappa shape index (κ1) is 22.7. The number of nitrogens with two attached hydrogens (primary N) is 1. The van der Waals surface area contributed by atoms with Crippen LogP contribution in [0.5, 0.6) is 11.5 Å². The van der Waals surface area contributed by atoms with Crippen molar-refractivity contribution in [3.63, 3.8) is 0 Å². The van der Waals surface area contributed by atoms with Crippen LogP contribution in [0.3, 0.4) is 0 Å². The number of benzene rings is 2. The highest BCUT2D eigenvalue weighted by Crippen LogP contribution is 2.32. The van der Waals surface area contributed by atoms with Gasteiger partial charge in [-0.15, -0.1) is 0 Å². The van der Waals surface area contributed by atoms with Gasteiger partial charge in [0, 0.05) is 37.3 Å². The van der Waals surface area contributed by atoms with Gasteiger partial charge >= 0.3 is 0 Å². The zero-order chi connectivity index (χ0) is 24.5. The summed E-state index contributed by atoms with van der Waals surface area (Å²) in [7, 11) is 0. The Morgan fingerprint density at radius 3 is 2.60 bits per heavy atom. The number of carbonyl (C=O) groups is 2. The van der Waals surface area contributed by atoms with Crippen LogP contribution in [-0.4, -0.2) is 51.9 Å². The first-order chi connectivity index (χ1) is 16.9. The summed E-state index contributed by atoms with van der Waals surface area (Å²) in [5.74, 6) is 0.614. The van der Waals surface area contributed by atoms with Crippen LogP contribution < -0.4 is 21.1 Å². The summed E-state index contributed by atoms with van der Waals surface area (Å²) in [5, 5.41) is 5.86. The standard InChI is InChI=1S/C25H25FN6O3/c1-14-12-32(14)13-15-10-18(35-17-4-2-16(26)3-5-17)6-7-19(15)24-30-21(23(27)33)11-22(31-24)29-20-8-9-28-25(20)34/h2-7,10-11,14,20H,8-9,12-13H2,1H3,(H2,27,33)(H,28,34)(H,29,30,31)/t14?,20-,32?/m0/s1. The third-order valence-electron chi connectivity index (χ3n) is 6.08. The number of carbonyl (C=O) groups excluding carboxylic acids is 2. The fourth-order valence-corrected chi connectivity index (χ4v) is 4.03. The summed E-state index contributed by atoms with van der Waals surface area (Å²) in [6, 6.07) is 12.8. The molecule has 2 aliphatic rings. The number of halogens is 1. The van der Waals surface area contributed by atoms with Gasteiger partial charge in [0.1, 0.15) is 34.9 Å². The third-order valence-corrected chi connectivity index (χ3v) is 6.08. The fraction of sp³-hybridized carbons (Fsp3) is 0.280. The molecule has 3 aromatic rings. The molecule has 10 heteroatoms. The predicted octanol–water partition coefficient (Wildman–Crippen LogP) is 2.68. The zero-order valence-corrected chi connectivity index (χ0v) is 19.1. The van der Waals surface area contributed by atoms with E-state index in [1.807, 2.05) is 12.1 Å². The van der Waals surface area contributed by atoms with Crippen LogP contribution in [0.25, 0.3) is 11.4 Å². The van der Waals surface area contributed by atoms with E-state index >= 15 is 0 Å². The average molecular weight is 477 g/mol. The molecule has 0 aliphatic carbocycles. The highest BCUT2D eigenvalue weighted by atomic mass is 19.1. The topological polar surface area (TPSA) is 122 Å². The molecular formula is C25H25FN6O3. The highest BCUT2D eigenvalue weighted by Gasteiger charge is 2.30. The van der Waals surface area contributed by atoms with Crippen LogP contribution >= 0.6 is 0 Å². The van der Waals surface area contributed by atoms with Crippen LogP contribution in [0.1, 0.15) is 29.4 Å². The molecular weight excluding hydrogens is 451 g/mol. The Morgan fingerprint density at radius 2 is 1.94 bits per heavy atom. The van der Waals surface area contributed by atoms with Crippen molar-refractivity contribution in [2.45, 2.75) is 32.0 Å². The molecule has 2 amide bonds. The molecule has 0 bridgehead atoms. The molecule has 4 N–H and O–H groups in total. The van der Waals surface area contributed by atoms with Crippen LogP contribution in [-0.2, 0) is 11.3 Å². The van der Waals surface area contributed by atoms with Crippen LogP contribution in [0.2, 0.25) is 0 Å². The second-order valence-electron chi connectivity index (χ2n) is 8.76. The maximum atomic E-state index is 13.3. The number of hydrogen-bond donors (Lipinski definition) is 3. The summed E-state index contributed by atoms with van der Waals surface area (Å²) in [6.45, 7) is 4.31. The van der Waals surface area contributed by atoms with E-state index in [9.17, 15) is 14.0 Å². The lowest BCUT2D eigenvalue weighted by atomic mass is 10.1. The first-order valence-electron chi connectivity index (χ1n) is 11.4. The van der Waals surface area contributed by atoms with E-state index in [0.717, 1.165) is 17.7 Å². The van der Waals surface area contributed by atoms with Gasteiger partial charge in [0.2, 0.25) is 5.91 Å². The van der Waals surface area contributed by atoms with Gasteiger partial charge in [-0.25, -0.2) is 14.4 Å². The summed E-state index contributed by atoms with van der Waals surface area (Å²) in [6.07, 6.45) is 0.609. The van der Waals surface area contributed by atoms with E-state index in [0.29, 0.717) is 48.7 Å². The summed E-state index contributed by atoms with van der Waals surface area (Å²) in [5.41, 5.74) is 7.21. The molecule has 2 fully saturated rings. The normalized spacial score (nSPS) is 20.9. The minimum atomic E-state index is -0.690. The van der Waals surface area contributed by atoms with Gasteiger partial charge in [-0.3, -0.25) is 14.5 Å². The molecule has 0 spiro atoms. The Bertz CT molecular complexity index is 1280. The largest absolute Gasteiger partial charge is 0.457 e. The minimum Gasteiger partial charge on any atom is -0.457 e. The number of ether oxygens (including phenoxy) is 1. The lowest BCUT2D eigenvalue weighted by molar-refractivity contribution is -0.119. The van der Waals surface area contributed by atoms with Crippen molar-refractivity contribution in [3.8, 4) is 22.9 Å². The number of hydrogen-bond acceptors (Lipinski definition) is 7. The van der Waals surface area contributed by atoms with Gasteiger partial charge < -0.3 is 21.1 Å². The number of nitrogens with zero attached hydrogens (tertiary/aromatic N) is 3. The van der Waals surface area contributed by atoms with Crippen molar-refractivity contribution in [1.29, 1.82) is 0 Å². The Hall–Kier alpha value is -4.05. The Labute approximate surface area is 201 Å². The van der Waals surface area contributed by atoms with Gasteiger partial charge in [0.25, 0.3) is 5.91 Å². The molecule has 5 rings (SSSR count). The molecule has 1 aromatic heterocycles. The smallest absolute Gasteiger partial charge is 0.267 e. The van der Waals surface area contributed by atoms with Crippen LogP contribution in [0.4, 0.5) is 10.2 Å². The number of anilines is 1. The number of primary amides is 1. The van der Waals surface area contributed by atoms with E-state index in [4.69, 9.17) is 10.5 Å². The number of rotatable bonds is 8. The van der Waals surface area contributed by atoms with Crippen molar-refractivity contribution in [2.75, 3.05) is 18.4 Å². The molecule has 2 saturated heterocycles. The molecule has 2 unspecified atom stereocenters. The molecule has 9 nitrogen and oxygen atoms in total. The number of amides is 2. The molecule has 0 saturated carbocycles. The van der Waals surface area contributed by atoms with Gasteiger partial charge in [-0.2, -0.15) is 0 Å².